The molecule has 0 saturated carbocycles. The molecule has 1 amide bonds. The van der Waals surface area contributed by atoms with Gasteiger partial charge in [0.05, 0.1) is 11.5 Å². The van der Waals surface area contributed by atoms with Crippen LogP contribution >= 0.6 is 0 Å². The van der Waals surface area contributed by atoms with Gasteiger partial charge < -0.3 is 14.7 Å². The van der Waals surface area contributed by atoms with Crippen LogP contribution in [0, 0.1) is 6.92 Å². The van der Waals surface area contributed by atoms with Crippen LogP contribution in [0.5, 0.6) is 0 Å². The van der Waals surface area contributed by atoms with Crippen molar-refractivity contribution in [1.29, 1.82) is 0 Å². The van der Waals surface area contributed by atoms with E-state index in [0.717, 1.165) is 0 Å². The van der Waals surface area contributed by atoms with Gasteiger partial charge in [-0.15, -0.1) is 10.2 Å². The number of aromatic nitrogens is 3. The molecule has 128 valence electrons. The Bertz CT molecular complexity index is 846. The molecule has 10 heteroatoms. The lowest BCUT2D eigenvalue weighted by Gasteiger charge is -2.22. The summed E-state index contributed by atoms with van der Waals surface area (Å²) >= 11 is 0. The van der Waals surface area contributed by atoms with Crippen LogP contribution in [0.4, 0.5) is 11.6 Å². The van der Waals surface area contributed by atoms with Crippen LogP contribution in [0.15, 0.2) is 22.7 Å². The number of carbonyl (C=O) groups excluding carboxylic acids is 1. The molecule has 0 aromatic carbocycles. The summed E-state index contributed by atoms with van der Waals surface area (Å²) in [5.41, 5.74) is 0.156. The highest BCUT2D eigenvalue weighted by molar-refractivity contribution is 7.91. The lowest BCUT2D eigenvalue weighted by molar-refractivity contribution is 0.0740. The van der Waals surface area contributed by atoms with Crippen LogP contribution < -0.4 is 5.32 Å². The number of amides is 1. The van der Waals surface area contributed by atoms with Gasteiger partial charge >= 0.3 is 0 Å². The van der Waals surface area contributed by atoms with Gasteiger partial charge in [0.25, 0.3) is 5.91 Å². The van der Waals surface area contributed by atoms with Crippen molar-refractivity contribution in [2.24, 2.45) is 0 Å². The van der Waals surface area contributed by atoms with Gasteiger partial charge in [-0.2, -0.15) is 0 Å². The highest BCUT2D eigenvalue weighted by Gasteiger charge is 2.33. The number of aryl methyl sites for hydroxylation is 1. The zero-order valence-electron chi connectivity index (χ0n) is 13.3. The van der Waals surface area contributed by atoms with Crippen LogP contribution in [0.25, 0.3) is 0 Å². The quantitative estimate of drug-likeness (QED) is 0.858. The molecule has 2 aromatic heterocycles. The van der Waals surface area contributed by atoms with Crippen molar-refractivity contribution < 1.29 is 17.7 Å². The number of hydrogen-bond donors (Lipinski definition) is 1. The first kappa shape index (κ1) is 16.4. The van der Waals surface area contributed by atoms with E-state index in [-0.39, 0.29) is 29.1 Å². The maximum absolute atomic E-state index is 12.4. The molecule has 2 aromatic rings. The lowest BCUT2D eigenvalue weighted by atomic mass is 10.2. The standard InChI is InChI=1S/C14H17N5O4S/c1-9-7-13(18-23-9)15-12-4-3-11(16-17-12)14(20)19(2)10-5-6-24(21,22)8-10/h3-4,7,10H,5-6,8H2,1-2H3,(H,15,17,18). The maximum Gasteiger partial charge on any atom is 0.274 e. The van der Waals surface area contributed by atoms with E-state index in [2.05, 4.69) is 20.7 Å². The molecule has 24 heavy (non-hydrogen) atoms. The summed E-state index contributed by atoms with van der Waals surface area (Å²) in [5, 5.41) is 14.5. The summed E-state index contributed by atoms with van der Waals surface area (Å²) in [7, 11) is -1.47. The molecule has 1 fully saturated rings. The third kappa shape index (κ3) is 3.53. The highest BCUT2D eigenvalue weighted by atomic mass is 32.2. The van der Waals surface area contributed by atoms with Crippen LogP contribution in [0.2, 0.25) is 0 Å². The van der Waals surface area contributed by atoms with Crippen LogP contribution in [0.1, 0.15) is 22.7 Å². The predicted octanol–water partition coefficient (Wildman–Crippen LogP) is 0.776. The number of hydrogen-bond acceptors (Lipinski definition) is 8. The average Bonchev–Trinajstić information content (AvgIpc) is 3.12. The van der Waals surface area contributed by atoms with Gasteiger partial charge in [0.2, 0.25) is 0 Å². The lowest BCUT2D eigenvalue weighted by Crippen LogP contribution is -2.38. The van der Waals surface area contributed by atoms with E-state index in [1.807, 2.05) is 0 Å². The van der Waals surface area contributed by atoms with Crippen LogP contribution in [-0.2, 0) is 9.84 Å². The van der Waals surface area contributed by atoms with Crippen molar-refractivity contribution in [3.63, 3.8) is 0 Å². The molecular weight excluding hydrogens is 334 g/mol. The van der Waals surface area contributed by atoms with Gasteiger partial charge in [0, 0.05) is 19.2 Å². The Hall–Kier alpha value is -2.49. The Morgan fingerprint density at radius 2 is 2.12 bits per heavy atom. The van der Waals surface area contributed by atoms with Crippen LogP contribution in [0.3, 0.4) is 0 Å². The van der Waals surface area contributed by atoms with E-state index in [9.17, 15) is 13.2 Å². The molecule has 1 atom stereocenters. The average molecular weight is 351 g/mol. The minimum absolute atomic E-state index is 0.00613. The Morgan fingerprint density at radius 1 is 1.33 bits per heavy atom. The third-order valence-corrected chi connectivity index (χ3v) is 5.59. The molecule has 9 nitrogen and oxygen atoms in total. The molecule has 1 aliphatic heterocycles. The Labute approximate surface area is 139 Å². The molecule has 3 rings (SSSR count). The summed E-state index contributed by atoms with van der Waals surface area (Å²) in [6, 6.07) is 4.52. The molecule has 1 N–H and O–H groups in total. The molecule has 0 aliphatic carbocycles. The van der Waals surface area contributed by atoms with Gasteiger partial charge in [0.15, 0.2) is 27.2 Å². The van der Waals surface area contributed by atoms with Gasteiger partial charge in [0.1, 0.15) is 5.76 Å². The van der Waals surface area contributed by atoms with Gasteiger partial charge in [-0.25, -0.2) is 8.42 Å². The molecule has 1 aliphatic rings. The SMILES string of the molecule is Cc1cc(Nc2ccc(C(=O)N(C)C3CCS(=O)(=O)C3)nn2)no1. The number of nitrogens with zero attached hydrogens (tertiary/aromatic N) is 4. The van der Waals surface area contributed by atoms with Gasteiger partial charge in [-0.3, -0.25) is 4.79 Å². The Kier molecular flexibility index (Phi) is 4.22. The number of sulfone groups is 1. The largest absolute Gasteiger partial charge is 0.360 e. The summed E-state index contributed by atoms with van der Waals surface area (Å²) in [6.45, 7) is 1.77. The Balaban J connectivity index is 1.67. The van der Waals surface area contributed by atoms with Crippen molar-refractivity contribution in [2.45, 2.75) is 19.4 Å². The third-order valence-electron chi connectivity index (χ3n) is 3.84. The van der Waals surface area contributed by atoms with Crippen molar-refractivity contribution in [3.05, 3.63) is 29.7 Å². The fourth-order valence-electron chi connectivity index (χ4n) is 2.50. The second-order valence-electron chi connectivity index (χ2n) is 5.72. The summed E-state index contributed by atoms with van der Waals surface area (Å²) in [4.78, 5) is 13.8. The molecule has 0 radical (unpaired) electrons. The van der Waals surface area contributed by atoms with E-state index in [1.165, 1.54) is 11.0 Å². The van der Waals surface area contributed by atoms with E-state index in [0.29, 0.717) is 23.8 Å². The van der Waals surface area contributed by atoms with E-state index < -0.39 is 9.84 Å². The predicted molar refractivity (Wildman–Crippen MR) is 85.7 cm³/mol. The van der Waals surface area contributed by atoms with Crippen LogP contribution in [-0.4, -0.2) is 59.2 Å². The first-order chi connectivity index (χ1) is 11.3. The van der Waals surface area contributed by atoms with E-state index in [4.69, 9.17) is 4.52 Å². The molecule has 3 heterocycles. The first-order valence-electron chi connectivity index (χ1n) is 7.36. The molecule has 1 unspecified atom stereocenters. The molecule has 0 spiro atoms. The van der Waals surface area contributed by atoms with Crippen molar-refractivity contribution in [2.75, 3.05) is 23.9 Å². The van der Waals surface area contributed by atoms with Crippen molar-refractivity contribution in [1.82, 2.24) is 20.3 Å². The maximum atomic E-state index is 12.4. The number of carbonyl (C=O) groups is 1. The zero-order chi connectivity index (χ0) is 17.3. The zero-order valence-corrected chi connectivity index (χ0v) is 14.1. The fraction of sp³-hybridized carbons (Fsp3) is 0.429. The molecule has 1 saturated heterocycles. The smallest absolute Gasteiger partial charge is 0.274 e. The monoisotopic (exact) mass is 351 g/mol. The Morgan fingerprint density at radius 3 is 2.67 bits per heavy atom. The van der Waals surface area contributed by atoms with Gasteiger partial charge in [-0.1, -0.05) is 5.16 Å². The summed E-state index contributed by atoms with van der Waals surface area (Å²) < 4.78 is 28.0. The highest BCUT2D eigenvalue weighted by Crippen LogP contribution is 2.18. The number of anilines is 2. The second kappa shape index (κ2) is 6.19. The van der Waals surface area contributed by atoms with E-state index >= 15 is 0 Å². The summed E-state index contributed by atoms with van der Waals surface area (Å²) in [6.07, 6.45) is 0.448. The van der Waals surface area contributed by atoms with Crippen molar-refractivity contribution >= 4 is 27.4 Å². The summed E-state index contributed by atoms with van der Waals surface area (Å²) in [5.74, 6) is 1.33. The molecular formula is C14H17N5O4S. The van der Waals surface area contributed by atoms with E-state index in [1.54, 1.807) is 26.1 Å². The first-order valence-corrected chi connectivity index (χ1v) is 9.18. The fourth-order valence-corrected chi connectivity index (χ4v) is 4.27. The van der Waals surface area contributed by atoms with Gasteiger partial charge in [-0.05, 0) is 25.5 Å². The second-order valence-corrected chi connectivity index (χ2v) is 7.95. The topological polar surface area (TPSA) is 118 Å². The number of rotatable bonds is 4. The van der Waals surface area contributed by atoms with Crippen molar-refractivity contribution in [3.8, 4) is 0 Å². The minimum Gasteiger partial charge on any atom is -0.360 e. The number of nitrogens with one attached hydrogen (secondary N) is 1. The minimum atomic E-state index is -3.05. The normalized spacial score (nSPS) is 19.2. The molecule has 0 bridgehead atoms.